The van der Waals surface area contributed by atoms with E-state index in [0.29, 0.717) is 5.56 Å². The summed E-state index contributed by atoms with van der Waals surface area (Å²) in [6.45, 7) is 2.09. The van der Waals surface area contributed by atoms with Crippen LogP contribution >= 0.6 is 0 Å². The van der Waals surface area contributed by atoms with E-state index in [1.54, 1.807) is 22.8 Å². The largest absolute Gasteiger partial charge is 0.298 e. The van der Waals surface area contributed by atoms with Crippen LogP contribution in [0.4, 0.5) is 0 Å². The molecule has 0 atom stereocenters. The molecule has 0 bridgehead atoms. The molecule has 14 heavy (non-hydrogen) atoms. The van der Waals surface area contributed by atoms with E-state index in [1.807, 2.05) is 0 Å². The molecule has 0 aromatic carbocycles. The Morgan fingerprint density at radius 2 is 2.43 bits per heavy atom. The van der Waals surface area contributed by atoms with Gasteiger partial charge in [-0.1, -0.05) is 6.92 Å². The van der Waals surface area contributed by atoms with Gasteiger partial charge < -0.3 is 0 Å². The van der Waals surface area contributed by atoms with E-state index < -0.39 is 0 Å². The quantitative estimate of drug-likeness (QED) is 0.687. The van der Waals surface area contributed by atoms with E-state index in [9.17, 15) is 4.79 Å². The molecule has 2 aromatic rings. The molecule has 0 saturated carbocycles. The maximum absolute atomic E-state index is 10.5. The van der Waals surface area contributed by atoms with Gasteiger partial charge in [-0.2, -0.15) is 5.10 Å². The monoisotopic (exact) mass is 189 g/mol. The van der Waals surface area contributed by atoms with Gasteiger partial charge in [0.1, 0.15) is 6.29 Å². The maximum Gasteiger partial charge on any atom is 0.156 e. The molecular weight excluding hydrogens is 178 g/mol. The minimum absolute atomic E-state index is 0.632. The Kier molecular flexibility index (Phi) is 2.26. The van der Waals surface area contributed by atoms with Gasteiger partial charge in [0.2, 0.25) is 0 Å². The van der Waals surface area contributed by atoms with Crippen molar-refractivity contribution >= 4 is 11.9 Å². The molecule has 2 heterocycles. The van der Waals surface area contributed by atoms with Crippen LogP contribution in [-0.4, -0.2) is 20.9 Å². The van der Waals surface area contributed by atoms with Crippen LogP contribution in [0.1, 0.15) is 29.5 Å². The lowest BCUT2D eigenvalue weighted by Gasteiger charge is -1.90. The highest BCUT2D eigenvalue weighted by molar-refractivity contribution is 5.76. The van der Waals surface area contributed by atoms with Gasteiger partial charge in [-0.25, -0.2) is 9.50 Å². The molecule has 4 nitrogen and oxygen atoms in total. The molecule has 0 amide bonds. The summed E-state index contributed by atoms with van der Waals surface area (Å²) in [6.07, 6.45) is 4.47. The van der Waals surface area contributed by atoms with E-state index in [2.05, 4.69) is 17.0 Å². The fourth-order valence-electron chi connectivity index (χ4n) is 1.35. The number of carbonyl (C=O) groups is 1. The minimum Gasteiger partial charge on any atom is -0.298 e. The van der Waals surface area contributed by atoms with Gasteiger partial charge in [-0.05, 0) is 18.6 Å². The Labute approximate surface area is 81.6 Å². The highest BCUT2D eigenvalue weighted by Gasteiger charge is 2.02. The summed E-state index contributed by atoms with van der Waals surface area (Å²) in [4.78, 5) is 14.8. The highest BCUT2D eigenvalue weighted by Crippen LogP contribution is 2.05. The minimum atomic E-state index is 0.632. The fourth-order valence-corrected chi connectivity index (χ4v) is 1.35. The molecule has 0 aliphatic carbocycles. The average molecular weight is 189 g/mol. The lowest BCUT2D eigenvalue weighted by Crippen LogP contribution is -1.89. The third kappa shape index (κ3) is 1.51. The molecule has 0 spiro atoms. The molecule has 2 rings (SSSR count). The first kappa shape index (κ1) is 8.87. The number of pyridine rings is 1. The topological polar surface area (TPSA) is 47.3 Å². The van der Waals surface area contributed by atoms with Crippen molar-refractivity contribution in [3.63, 3.8) is 0 Å². The summed E-state index contributed by atoms with van der Waals surface area (Å²) in [5, 5.41) is 4.27. The summed E-state index contributed by atoms with van der Waals surface area (Å²) in [6, 6.07) is 3.46. The second-order valence-corrected chi connectivity index (χ2v) is 3.16. The number of carbonyl (C=O) groups excluding carboxylic acids is 1. The van der Waals surface area contributed by atoms with Crippen molar-refractivity contribution < 1.29 is 4.79 Å². The summed E-state index contributed by atoms with van der Waals surface area (Å²) >= 11 is 0. The summed E-state index contributed by atoms with van der Waals surface area (Å²) in [5.74, 6) is 0.829. The lowest BCUT2D eigenvalue weighted by atomic mass is 10.3. The molecule has 2 aromatic heterocycles. The van der Waals surface area contributed by atoms with Crippen LogP contribution in [0.2, 0.25) is 0 Å². The van der Waals surface area contributed by atoms with Crippen LogP contribution in [0.5, 0.6) is 0 Å². The number of nitrogens with zero attached hydrogens (tertiary/aromatic N) is 3. The first-order valence-electron chi connectivity index (χ1n) is 4.64. The zero-order chi connectivity index (χ0) is 9.97. The number of hydrogen-bond acceptors (Lipinski definition) is 3. The van der Waals surface area contributed by atoms with Gasteiger partial charge in [-0.15, -0.1) is 0 Å². The van der Waals surface area contributed by atoms with E-state index in [-0.39, 0.29) is 0 Å². The zero-order valence-electron chi connectivity index (χ0n) is 7.97. The molecule has 0 N–H and O–H groups in total. The van der Waals surface area contributed by atoms with Crippen molar-refractivity contribution in [2.45, 2.75) is 19.8 Å². The maximum atomic E-state index is 10.5. The molecule has 0 unspecified atom stereocenters. The second kappa shape index (κ2) is 3.57. The molecule has 72 valence electrons. The smallest absolute Gasteiger partial charge is 0.156 e. The Hall–Kier alpha value is -1.71. The third-order valence-electron chi connectivity index (χ3n) is 2.02. The SMILES string of the molecule is CCCc1nc2cc(C=O)ccn2n1. The van der Waals surface area contributed by atoms with Gasteiger partial charge >= 0.3 is 0 Å². The number of fused-ring (bicyclic) bond motifs is 1. The number of hydrogen-bond donors (Lipinski definition) is 0. The van der Waals surface area contributed by atoms with Gasteiger partial charge in [0.25, 0.3) is 0 Å². The molecular formula is C10H11N3O. The summed E-state index contributed by atoms with van der Waals surface area (Å²) in [7, 11) is 0. The van der Waals surface area contributed by atoms with E-state index >= 15 is 0 Å². The van der Waals surface area contributed by atoms with E-state index in [4.69, 9.17) is 0 Å². The van der Waals surface area contributed by atoms with Crippen molar-refractivity contribution in [1.29, 1.82) is 0 Å². The van der Waals surface area contributed by atoms with Gasteiger partial charge in [0.15, 0.2) is 11.5 Å². The number of aromatic nitrogens is 3. The fraction of sp³-hybridized carbons (Fsp3) is 0.300. The van der Waals surface area contributed by atoms with Gasteiger partial charge in [0, 0.05) is 18.2 Å². The Balaban J connectivity index is 2.48. The molecule has 0 radical (unpaired) electrons. The lowest BCUT2D eigenvalue weighted by molar-refractivity contribution is 0.112. The van der Waals surface area contributed by atoms with Crippen LogP contribution in [0, 0.1) is 0 Å². The van der Waals surface area contributed by atoms with Crippen molar-refractivity contribution in [3.8, 4) is 0 Å². The summed E-state index contributed by atoms with van der Waals surface area (Å²) < 4.78 is 1.69. The normalized spacial score (nSPS) is 10.6. The van der Waals surface area contributed by atoms with Crippen molar-refractivity contribution in [3.05, 3.63) is 29.7 Å². The molecule has 0 aliphatic heterocycles. The Morgan fingerprint density at radius 3 is 3.14 bits per heavy atom. The van der Waals surface area contributed by atoms with Crippen LogP contribution in [0.25, 0.3) is 5.65 Å². The Morgan fingerprint density at radius 1 is 1.57 bits per heavy atom. The predicted octanol–water partition coefficient (Wildman–Crippen LogP) is 1.49. The van der Waals surface area contributed by atoms with E-state index in [1.165, 1.54) is 0 Å². The average Bonchev–Trinajstić information content (AvgIpc) is 2.59. The first-order valence-corrected chi connectivity index (χ1v) is 4.64. The summed E-state index contributed by atoms with van der Waals surface area (Å²) in [5.41, 5.74) is 1.37. The number of aryl methyl sites for hydroxylation is 1. The molecule has 0 fully saturated rings. The van der Waals surface area contributed by atoms with Crippen LogP contribution in [0.3, 0.4) is 0 Å². The predicted molar refractivity (Wildman–Crippen MR) is 52.4 cm³/mol. The van der Waals surface area contributed by atoms with Crippen LogP contribution in [-0.2, 0) is 6.42 Å². The van der Waals surface area contributed by atoms with Crippen LogP contribution in [0.15, 0.2) is 18.3 Å². The molecule has 0 saturated heterocycles. The zero-order valence-corrected chi connectivity index (χ0v) is 7.97. The Bertz CT molecular complexity index is 461. The van der Waals surface area contributed by atoms with Crippen LogP contribution < -0.4 is 0 Å². The number of rotatable bonds is 3. The van der Waals surface area contributed by atoms with Gasteiger partial charge in [-0.3, -0.25) is 4.79 Å². The number of aldehydes is 1. The van der Waals surface area contributed by atoms with Crippen molar-refractivity contribution in [2.24, 2.45) is 0 Å². The highest BCUT2D eigenvalue weighted by atomic mass is 16.1. The second-order valence-electron chi connectivity index (χ2n) is 3.16. The molecule has 0 aliphatic rings. The van der Waals surface area contributed by atoms with Crippen molar-refractivity contribution in [1.82, 2.24) is 14.6 Å². The van der Waals surface area contributed by atoms with Crippen molar-refractivity contribution in [2.75, 3.05) is 0 Å². The van der Waals surface area contributed by atoms with Gasteiger partial charge in [0.05, 0.1) is 0 Å². The third-order valence-corrected chi connectivity index (χ3v) is 2.02. The molecule has 4 heteroatoms. The van der Waals surface area contributed by atoms with E-state index in [0.717, 1.165) is 30.6 Å². The standard InChI is InChI=1S/C10H11N3O/c1-2-3-9-11-10-6-8(7-14)4-5-13(10)12-9/h4-7H,2-3H2,1H3. The first-order chi connectivity index (χ1) is 6.83.